The second kappa shape index (κ2) is 8.54. The summed E-state index contributed by atoms with van der Waals surface area (Å²) in [7, 11) is -0.640. The molecule has 0 aliphatic rings. The van der Waals surface area contributed by atoms with Crippen molar-refractivity contribution in [3.05, 3.63) is 53.6 Å². The first kappa shape index (κ1) is 20.9. The molecule has 0 spiro atoms. The van der Waals surface area contributed by atoms with Crippen LogP contribution in [0.15, 0.2) is 47.4 Å². The Labute approximate surface area is 161 Å². The van der Waals surface area contributed by atoms with Crippen molar-refractivity contribution in [2.45, 2.75) is 25.7 Å². The van der Waals surface area contributed by atoms with E-state index < -0.39 is 10.0 Å². The molecule has 6 nitrogen and oxygen atoms in total. The van der Waals surface area contributed by atoms with Gasteiger partial charge in [-0.15, -0.1) is 0 Å². The molecule has 0 aliphatic heterocycles. The van der Waals surface area contributed by atoms with Gasteiger partial charge in [-0.2, -0.15) is 0 Å². The highest BCUT2D eigenvalue weighted by Gasteiger charge is 2.19. The molecule has 2 aromatic carbocycles. The van der Waals surface area contributed by atoms with Gasteiger partial charge >= 0.3 is 0 Å². The van der Waals surface area contributed by atoms with Crippen LogP contribution in [-0.4, -0.2) is 39.3 Å². The molecule has 2 aromatic rings. The minimum atomic E-state index is -3.58. The monoisotopic (exact) mass is 390 g/mol. The average Bonchev–Trinajstić information content (AvgIpc) is 2.61. The van der Waals surface area contributed by atoms with Crippen LogP contribution in [-0.2, 0) is 10.0 Å². The van der Waals surface area contributed by atoms with E-state index in [1.807, 2.05) is 20.8 Å². The maximum absolute atomic E-state index is 12.6. The zero-order valence-electron chi connectivity index (χ0n) is 16.3. The average molecular weight is 391 g/mol. The summed E-state index contributed by atoms with van der Waals surface area (Å²) in [6.45, 7) is 6.47. The third-order valence-electron chi connectivity index (χ3n) is 3.92. The van der Waals surface area contributed by atoms with Crippen LogP contribution in [0.3, 0.4) is 0 Å². The van der Waals surface area contributed by atoms with Crippen molar-refractivity contribution in [3.63, 3.8) is 0 Å². The van der Waals surface area contributed by atoms with Gasteiger partial charge in [-0.3, -0.25) is 4.79 Å². The van der Waals surface area contributed by atoms with Gasteiger partial charge in [0.1, 0.15) is 5.75 Å². The number of hydrogen-bond donors (Lipinski definition) is 1. The summed E-state index contributed by atoms with van der Waals surface area (Å²) < 4.78 is 31.4. The van der Waals surface area contributed by atoms with Gasteiger partial charge in [-0.1, -0.05) is 26.0 Å². The zero-order chi connectivity index (χ0) is 20.2. The first-order valence-corrected chi connectivity index (χ1v) is 10.1. The van der Waals surface area contributed by atoms with Crippen molar-refractivity contribution in [1.82, 2.24) is 4.31 Å². The number of carbonyl (C=O) groups excluding carboxylic acids is 1. The van der Waals surface area contributed by atoms with Gasteiger partial charge in [0.2, 0.25) is 10.0 Å². The van der Waals surface area contributed by atoms with E-state index in [0.29, 0.717) is 29.5 Å². The molecule has 2 rings (SSSR count). The third kappa shape index (κ3) is 5.30. The van der Waals surface area contributed by atoms with Gasteiger partial charge < -0.3 is 10.1 Å². The smallest absolute Gasteiger partial charge is 0.255 e. The maximum atomic E-state index is 12.6. The summed E-state index contributed by atoms with van der Waals surface area (Å²) in [6.07, 6.45) is 0. The van der Waals surface area contributed by atoms with E-state index in [1.165, 1.54) is 26.2 Å². The number of amides is 1. The highest BCUT2D eigenvalue weighted by Crippen LogP contribution is 2.23. The number of aryl methyl sites for hydroxylation is 1. The predicted molar refractivity (Wildman–Crippen MR) is 107 cm³/mol. The summed E-state index contributed by atoms with van der Waals surface area (Å²) in [4.78, 5) is 12.8. The molecule has 0 fully saturated rings. The molecule has 0 heterocycles. The Morgan fingerprint density at radius 3 is 2.48 bits per heavy atom. The number of nitrogens with zero attached hydrogens (tertiary/aromatic N) is 1. The van der Waals surface area contributed by atoms with Crippen LogP contribution >= 0.6 is 0 Å². The van der Waals surface area contributed by atoms with Crippen molar-refractivity contribution in [3.8, 4) is 5.75 Å². The molecular formula is C20H26N2O4S. The molecule has 27 heavy (non-hydrogen) atoms. The third-order valence-corrected chi connectivity index (χ3v) is 5.73. The Balaban J connectivity index is 2.24. The quantitative estimate of drug-likeness (QED) is 0.785. The zero-order valence-corrected chi connectivity index (χ0v) is 17.1. The van der Waals surface area contributed by atoms with Crippen molar-refractivity contribution in [2.24, 2.45) is 5.92 Å². The number of ether oxygens (including phenoxy) is 1. The van der Waals surface area contributed by atoms with E-state index in [0.717, 1.165) is 9.87 Å². The van der Waals surface area contributed by atoms with Crippen molar-refractivity contribution < 1.29 is 17.9 Å². The van der Waals surface area contributed by atoms with Crippen LogP contribution in [0.5, 0.6) is 5.75 Å². The van der Waals surface area contributed by atoms with Gasteiger partial charge in [-0.05, 0) is 48.7 Å². The van der Waals surface area contributed by atoms with Crippen LogP contribution in [0.4, 0.5) is 5.69 Å². The molecule has 0 unspecified atom stereocenters. The molecule has 1 amide bonds. The van der Waals surface area contributed by atoms with Crippen LogP contribution in [0.25, 0.3) is 0 Å². The maximum Gasteiger partial charge on any atom is 0.255 e. The molecule has 0 radical (unpaired) electrons. The molecule has 0 aromatic heterocycles. The number of hydrogen-bond acceptors (Lipinski definition) is 4. The first-order valence-electron chi connectivity index (χ1n) is 8.68. The number of carbonyl (C=O) groups is 1. The highest BCUT2D eigenvalue weighted by atomic mass is 32.2. The molecule has 0 saturated heterocycles. The summed E-state index contributed by atoms with van der Waals surface area (Å²) >= 11 is 0. The number of rotatable bonds is 7. The van der Waals surface area contributed by atoms with Crippen LogP contribution < -0.4 is 10.1 Å². The standard InChI is InChI=1S/C20H26N2O4S/c1-14(2)13-26-17-8-6-7-16(11-17)20(23)21-19-12-18(10-9-15(19)3)27(24,25)22(4)5/h6-12,14H,13H2,1-5H3,(H,21,23). The van der Waals surface area contributed by atoms with E-state index in [1.54, 1.807) is 30.3 Å². The predicted octanol–water partition coefficient (Wildman–Crippen LogP) is 3.53. The minimum Gasteiger partial charge on any atom is -0.493 e. The fourth-order valence-electron chi connectivity index (χ4n) is 2.29. The second-order valence-corrected chi connectivity index (χ2v) is 9.10. The Hall–Kier alpha value is -2.38. The Morgan fingerprint density at radius 2 is 1.85 bits per heavy atom. The minimum absolute atomic E-state index is 0.127. The Bertz CT molecular complexity index is 921. The van der Waals surface area contributed by atoms with Crippen LogP contribution in [0, 0.1) is 12.8 Å². The summed E-state index contributed by atoms with van der Waals surface area (Å²) in [5, 5.41) is 2.79. The van der Waals surface area contributed by atoms with Gasteiger partial charge in [0.15, 0.2) is 0 Å². The Morgan fingerprint density at radius 1 is 1.15 bits per heavy atom. The lowest BCUT2D eigenvalue weighted by Gasteiger charge is -2.15. The van der Waals surface area contributed by atoms with Crippen molar-refractivity contribution in [1.29, 1.82) is 0 Å². The topological polar surface area (TPSA) is 75.7 Å². The molecule has 0 saturated carbocycles. The molecule has 0 aliphatic carbocycles. The SMILES string of the molecule is Cc1ccc(S(=O)(=O)N(C)C)cc1NC(=O)c1cccc(OCC(C)C)c1. The molecular weight excluding hydrogens is 364 g/mol. The number of anilines is 1. The highest BCUT2D eigenvalue weighted by molar-refractivity contribution is 7.89. The van der Waals surface area contributed by atoms with E-state index in [2.05, 4.69) is 5.32 Å². The largest absolute Gasteiger partial charge is 0.493 e. The molecule has 7 heteroatoms. The normalized spacial score (nSPS) is 11.7. The lowest BCUT2D eigenvalue weighted by Crippen LogP contribution is -2.22. The second-order valence-electron chi connectivity index (χ2n) is 6.95. The van der Waals surface area contributed by atoms with Crippen molar-refractivity contribution >= 4 is 21.6 Å². The number of sulfonamides is 1. The van der Waals surface area contributed by atoms with E-state index in [4.69, 9.17) is 4.74 Å². The fourth-order valence-corrected chi connectivity index (χ4v) is 3.22. The van der Waals surface area contributed by atoms with Gasteiger partial charge in [0.25, 0.3) is 5.91 Å². The van der Waals surface area contributed by atoms with E-state index in [-0.39, 0.29) is 10.8 Å². The first-order chi connectivity index (χ1) is 12.6. The van der Waals surface area contributed by atoms with E-state index >= 15 is 0 Å². The summed E-state index contributed by atoms with van der Waals surface area (Å²) in [5.74, 6) is 0.677. The fraction of sp³-hybridized carbons (Fsp3) is 0.350. The summed E-state index contributed by atoms with van der Waals surface area (Å²) in [6, 6.07) is 11.6. The molecule has 0 atom stereocenters. The molecule has 0 bridgehead atoms. The van der Waals surface area contributed by atoms with Gasteiger partial charge in [0, 0.05) is 25.3 Å². The Kier molecular flexibility index (Phi) is 6.62. The lowest BCUT2D eigenvalue weighted by atomic mass is 10.1. The van der Waals surface area contributed by atoms with Gasteiger partial charge in [-0.25, -0.2) is 12.7 Å². The summed E-state index contributed by atoms with van der Waals surface area (Å²) in [5.41, 5.74) is 1.67. The van der Waals surface area contributed by atoms with Gasteiger partial charge in [0.05, 0.1) is 11.5 Å². The number of benzene rings is 2. The van der Waals surface area contributed by atoms with Crippen LogP contribution in [0.2, 0.25) is 0 Å². The number of nitrogens with one attached hydrogen (secondary N) is 1. The van der Waals surface area contributed by atoms with E-state index in [9.17, 15) is 13.2 Å². The molecule has 146 valence electrons. The lowest BCUT2D eigenvalue weighted by molar-refractivity contribution is 0.102. The molecule has 1 N–H and O–H groups in total. The van der Waals surface area contributed by atoms with Crippen molar-refractivity contribution in [2.75, 3.05) is 26.0 Å². The van der Waals surface area contributed by atoms with Crippen LogP contribution in [0.1, 0.15) is 29.8 Å².